The van der Waals surface area contributed by atoms with Crippen LogP contribution < -0.4 is 4.74 Å². The van der Waals surface area contributed by atoms with E-state index in [-0.39, 0.29) is 77.8 Å². The molecule has 10 unspecified atom stereocenters. The van der Waals surface area contributed by atoms with Gasteiger partial charge in [0.1, 0.15) is 12.4 Å². The number of unbranched alkanes of at least 4 members (excludes halogenated alkanes) is 6. The fraction of sp³-hybridized carbons (Fsp3) is 0.330. The zero-order valence-electron chi connectivity index (χ0n) is 64.1. The lowest BCUT2D eigenvalue weighted by molar-refractivity contribution is -0.150. The summed E-state index contributed by atoms with van der Waals surface area (Å²) >= 11 is 0. The van der Waals surface area contributed by atoms with Crippen LogP contribution in [0.1, 0.15) is 155 Å². The standard InChI is InChI=1S/C100H102N2O9/c1-5-72-57-69(60-77(72)66-110-79-48-40-67(41-49-79)42-52-95(103)107-4)39-45-75-59-71(62-89(75)99(106)108-55-23-11-9-7-8-10-12-34-96(104)111-65-68-37-43-74(44-38-68)92-31-21-22-54-101-92)36-35-70-58-73(6-2)88(61-70)98(105)109-56-24-53-100(3)90-63-76(97-86-29-15-13-25-80(86)81-26-14-16-30-87(81)97)46-50-82(90)83-51-47-78(64-91(83)100)102-93-32-19-17-27-84(93)85-28-18-20-33-94(85)102/h5-6,13-22,25-33,35-52,54,63-64,69-73,75,77,88-89,97H,1-2,7-12,23-24,34,53,55-62,65-66H2,3-4H3/b36-35-,45-39-,52-42+. The molecule has 0 saturated heterocycles. The Morgan fingerprint density at radius 2 is 1.11 bits per heavy atom. The molecule has 2 aromatic heterocycles. The summed E-state index contributed by atoms with van der Waals surface area (Å²) in [6.45, 7) is 12.4. The van der Waals surface area contributed by atoms with Crippen molar-refractivity contribution in [1.82, 2.24) is 9.55 Å². The second-order valence-corrected chi connectivity index (χ2v) is 31.7. The first-order chi connectivity index (χ1) is 54.4. The number of pyridine rings is 1. The van der Waals surface area contributed by atoms with Gasteiger partial charge in [0.05, 0.1) is 55.5 Å². The number of nitrogens with zero attached hydrogens (tertiary/aromatic N) is 2. The van der Waals surface area contributed by atoms with E-state index in [1.807, 2.05) is 72.8 Å². The Morgan fingerprint density at radius 3 is 1.77 bits per heavy atom. The van der Waals surface area contributed by atoms with Crippen LogP contribution in [0.25, 0.3) is 67.1 Å². The minimum atomic E-state index is -0.403. The monoisotopic (exact) mass is 1470 g/mol. The van der Waals surface area contributed by atoms with Crippen LogP contribution in [0.3, 0.4) is 0 Å². The first-order valence-electron chi connectivity index (χ1n) is 40.5. The van der Waals surface area contributed by atoms with Crippen LogP contribution in [-0.2, 0) is 50.1 Å². The number of rotatable bonds is 32. The second kappa shape index (κ2) is 35.0. The maximum absolute atomic E-state index is 14.5. The molecule has 0 aliphatic heterocycles. The van der Waals surface area contributed by atoms with Crippen molar-refractivity contribution in [1.29, 1.82) is 0 Å². The van der Waals surface area contributed by atoms with E-state index >= 15 is 0 Å². The number of carbonyl (C=O) groups excluding carboxylic acids is 4. The summed E-state index contributed by atoms with van der Waals surface area (Å²) in [5, 5.41) is 2.46. The first kappa shape index (κ1) is 75.5. The van der Waals surface area contributed by atoms with Crippen molar-refractivity contribution in [2.45, 2.75) is 128 Å². The van der Waals surface area contributed by atoms with Gasteiger partial charge in [0.15, 0.2) is 0 Å². The molecule has 3 fully saturated rings. The van der Waals surface area contributed by atoms with Gasteiger partial charge in [-0.05, 0) is 221 Å². The van der Waals surface area contributed by atoms with Gasteiger partial charge >= 0.3 is 23.9 Å². The van der Waals surface area contributed by atoms with Crippen molar-refractivity contribution in [3.8, 4) is 44.9 Å². The molecule has 10 aromatic rings. The Kier molecular flexibility index (Phi) is 23.8. The lowest BCUT2D eigenvalue weighted by atomic mass is 9.75. The number of allylic oxidation sites excluding steroid dienone is 6. The number of fused-ring (bicyclic) bond motifs is 9. The fourth-order valence-corrected chi connectivity index (χ4v) is 18.8. The van der Waals surface area contributed by atoms with Gasteiger partial charge < -0.3 is 28.3 Å². The summed E-state index contributed by atoms with van der Waals surface area (Å²) in [4.78, 5) is 57.5. The Bertz CT molecular complexity index is 4990. The molecule has 11 heteroatoms. The zero-order chi connectivity index (χ0) is 76.2. The van der Waals surface area contributed by atoms with Crippen LogP contribution in [0.5, 0.6) is 5.75 Å². The summed E-state index contributed by atoms with van der Waals surface area (Å²) in [5.74, 6) is 0.687. The highest BCUT2D eigenvalue weighted by Crippen LogP contribution is 2.55. The Morgan fingerprint density at radius 1 is 0.532 bits per heavy atom. The molecule has 0 N–H and O–H groups in total. The molecule has 8 aromatic carbocycles. The van der Waals surface area contributed by atoms with Crippen LogP contribution in [0, 0.1) is 53.3 Å². The van der Waals surface area contributed by atoms with Gasteiger partial charge in [0, 0.05) is 52.0 Å². The van der Waals surface area contributed by atoms with E-state index < -0.39 is 11.4 Å². The normalized spacial score (nSPS) is 21.7. The molecule has 5 aliphatic rings. The maximum Gasteiger partial charge on any atom is 0.330 e. The van der Waals surface area contributed by atoms with E-state index in [1.54, 1.807) is 12.3 Å². The lowest BCUT2D eigenvalue weighted by Gasteiger charge is -2.29. The number of benzene rings is 8. The van der Waals surface area contributed by atoms with Crippen molar-refractivity contribution in [2.75, 3.05) is 26.9 Å². The zero-order valence-corrected chi connectivity index (χ0v) is 64.1. The summed E-state index contributed by atoms with van der Waals surface area (Å²) in [6, 6.07) is 71.0. The number of hydrogen-bond donors (Lipinski definition) is 0. The highest BCUT2D eigenvalue weighted by molar-refractivity contribution is 6.09. The predicted octanol–water partition coefficient (Wildman–Crippen LogP) is 22.7. The lowest BCUT2D eigenvalue weighted by Crippen LogP contribution is -2.24. The van der Waals surface area contributed by atoms with E-state index in [2.05, 4.69) is 193 Å². The van der Waals surface area contributed by atoms with Crippen LogP contribution in [0.4, 0.5) is 0 Å². The molecule has 0 bridgehead atoms. The van der Waals surface area contributed by atoms with Crippen molar-refractivity contribution in [3.63, 3.8) is 0 Å². The number of esters is 4. The molecule has 10 atom stereocenters. The van der Waals surface area contributed by atoms with Gasteiger partial charge in [-0.25, -0.2) is 4.79 Å². The molecule has 3 saturated carbocycles. The molecule has 2 heterocycles. The van der Waals surface area contributed by atoms with Crippen LogP contribution in [0.15, 0.2) is 262 Å². The Labute approximate surface area is 654 Å². The molecule has 15 rings (SSSR count). The van der Waals surface area contributed by atoms with Gasteiger partial charge in [-0.15, -0.1) is 13.2 Å². The van der Waals surface area contributed by atoms with Gasteiger partial charge in [-0.2, -0.15) is 0 Å². The van der Waals surface area contributed by atoms with Crippen LogP contribution in [-0.4, -0.2) is 60.4 Å². The highest BCUT2D eigenvalue weighted by Gasteiger charge is 2.43. The third-order valence-corrected chi connectivity index (χ3v) is 24.7. The van der Waals surface area contributed by atoms with Crippen molar-refractivity contribution >= 4 is 51.8 Å². The summed E-state index contributed by atoms with van der Waals surface area (Å²) in [5.41, 5.74) is 18.5. The number of para-hydroxylation sites is 2. The van der Waals surface area contributed by atoms with E-state index in [1.165, 1.54) is 85.1 Å². The van der Waals surface area contributed by atoms with E-state index in [0.717, 1.165) is 111 Å². The van der Waals surface area contributed by atoms with Gasteiger partial charge in [0.2, 0.25) is 0 Å². The number of hydrogen-bond acceptors (Lipinski definition) is 10. The third-order valence-electron chi connectivity index (χ3n) is 24.7. The molecule has 11 nitrogen and oxygen atoms in total. The number of carbonyl (C=O) groups is 4. The van der Waals surface area contributed by atoms with Crippen molar-refractivity contribution in [3.05, 3.63) is 301 Å². The quantitative estimate of drug-likeness (QED) is 0.0132. The Balaban J connectivity index is 0.572. The van der Waals surface area contributed by atoms with Crippen LogP contribution in [0.2, 0.25) is 0 Å². The smallest absolute Gasteiger partial charge is 0.330 e. The minimum Gasteiger partial charge on any atom is -0.493 e. The summed E-state index contributed by atoms with van der Waals surface area (Å²) < 4.78 is 31.7. The molecule has 5 aliphatic carbocycles. The third kappa shape index (κ3) is 16.9. The molecule has 566 valence electrons. The second-order valence-electron chi connectivity index (χ2n) is 31.7. The molecular weight excluding hydrogens is 1370 g/mol. The average molecular weight is 1480 g/mol. The topological polar surface area (TPSA) is 132 Å². The average Bonchev–Trinajstić information content (AvgIpc) is 1.55. The van der Waals surface area contributed by atoms with E-state index in [4.69, 9.17) is 23.7 Å². The molecule has 0 radical (unpaired) electrons. The fourth-order valence-electron chi connectivity index (χ4n) is 18.8. The SMILES string of the molecule is C=CC1CC(/C=C\C2CC(/C=C\C3CC(C=C)C(C(=O)OCCCC4(C)c5cc(C6c7ccccc7-c7ccccc76)ccc5-c5ccc(-n6c7ccccc7c7ccccc76)cc54)C3)CC2C(=O)OCCCCCCCCCC(=O)OCc2ccc(-c3ccccn3)cc2)CC1COc1ccc(/C=C/C(=O)OC)cc1. The van der Waals surface area contributed by atoms with Crippen LogP contribution >= 0.6 is 0 Å². The van der Waals surface area contributed by atoms with Gasteiger partial charge in [-0.3, -0.25) is 19.4 Å². The molecule has 111 heavy (non-hydrogen) atoms. The Hall–Kier alpha value is -10.9. The minimum absolute atomic E-state index is 0.0125. The number of aromatic nitrogens is 2. The molecule has 0 amide bonds. The first-order valence-corrected chi connectivity index (χ1v) is 40.5. The maximum atomic E-state index is 14.5. The van der Waals surface area contributed by atoms with Crippen molar-refractivity contribution in [2.24, 2.45) is 53.3 Å². The summed E-state index contributed by atoms with van der Waals surface area (Å²) in [7, 11) is 1.36. The van der Waals surface area contributed by atoms with Gasteiger partial charge in [-0.1, -0.05) is 227 Å². The van der Waals surface area contributed by atoms with Gasteiger partial charge in [0.25, 0.3) is 0 Å². The van der Waals surface area contributed by atoms with E-state index in [9.17, 15) is 19.2 Å². The number of ether oxygens (including phenoxy) is 5. The molecular formula is C100H102N2O9. The summed E-state index contributed by atoms with van der Waals surface area (Å²) in [6.07, 6.45) is 31.8. The van der Waals surface area contributed by atoms with Crippen molar-refractivity contribution < 1.29 is 42.9 Å². The largest absolute Gasteiger partial charge is 0.493 e. The predicted molar refractivity (Wildman–Crippen MR) is 444 cm³/mol. The highest BCUT2D eigenvalue weighted by atomic mass is 16.5. The number of methoxy groups -OCH3 is 1. The van der Waals surface area contributed by atoms with E-state index in [0.29, 0.717) is 51.4 Å². The molecule has 0 spiro atoms.